The predicted molar refractivity (Wildman–Crippen MR) is 126 cm³/mol. The molecule has 1 atom stereocenters. The first-order chi connectivity index (χ1) is 13.6. The van der Waals surface area contributed by atoms with Crippen molar-refractivity contribution in [1.82, 2.24) is 10.6 Å². The van der Waals surface area contributed by atoms with Gasteiger partial charge < -0.3 is 20.2 Å². The average Bonchev–Trinajstić information content (AvgIpc) is 3.39. The molecule has 0 saturated heterocycles. The molecule has 0 bridgehead atoms. The Balaban J connectivity index is 0.00000300. The van der Waals surface area contributed by atoms with Gasteiger partial charge in [-0.25, -0.2) is 9.38 Å². The molecule has 3 aromatic rings. The second kappa shape index (κ2) is 12.2. The fraction of sp³-hybridized carbons (Fsp3) is 0.250. The largest absolute Gasteiger partial charge is 0.469 e. The van der Waals surface area contributed by atoms with E-state index in [4.69, 9.17) is 16.0 Å². The van der Waals surface area contributed by atoms with Crippen LogP contribution in [0.3, 0.4) is 0 Å². The molecule has 0 aliphatic rings. The van der Waals surface area contributed by atoms with Crippen molar-refractivity contribution in [2.24, 2.45) is 4.99 Å². The Morgan fingerprint density at radius 3 is 2.79 bits per heavy atom. The molecule has 2 aromatic heterocycles. The van der Waals surface area contributed by atoms with Gasteiger partial charge in [-0.05, 0) is 41.3 Å². The minimum absolute atomic E-state index is 0. The number of furan rings is 1. The van der Waals surface area contributed by atoms with E-state index in [1.807, 2.05) is 29.6 Å². The zero-order valence-corrected chi connectivity index (χ0v) is 19.4. The molecule has 9 heteroatoms. The number of aliphatic hydroxyl groups is 1. The highest BCUT2D eigenvalue weighted by Crippen LogP contribution is 2.20. The van der Waals surface area contributed by atoms with Crippen LogP contribution in [0.15, 0.2) is 63.5 Å². The van der Waals surface area contributed by atoms with Crippen LogP contribution in [0.5, 0.6) is 0 Å². The fourth-order valence-corrected chi connectivity index (χ4v) is 3.27. The molecule has 2 heterocycles. The molecule has 3 N–H and O–H groups in total. The molecule has 1 unspecified atom stereocenters. The van der Waals surface area contributed by atoms with Crippen LogP contribution in [-0.4, -0.2) is 24.2 Å². The van der Waals surface area contributed by atoms with Crippen molar-refractivity contribution >= 4 is 52.9 Å². The molecule has 0 radical (unpaired) electrons. The summed E-state index contributed by atoms with van der Waals surface area (Å²) in [6.07, 6.45) is 1.45. The fourth-order valence-electron chi connectivity index (χ4n) is 2.52. The summed E-state index contributed by atoms with van der Waals surface area (Å²) in [5.41, 5.74) is 0.447. The molecule has 0 spiro atoms. The lowest BCUT2D eigenvalue weighted by molar-refractivity contribution is 0.180. The van der Waals surface area contributed by atoms with Crippen LogP contribution in [0.25, 0.3) is 0 Å². The van der Waals surface area contributed by atoms with Gasteiger partial charge in [0, 0.05) is 24.4 Å². The number of hydrogen-bond donors (Lipinski definition) is 3. The zero-order chi connectivity index (χ0) is 19.8. The Bertz CT molecular complexity index is 891. The lowest BCUT2D eigenvalue weighted by Gasteiger charge is -2.16. The average molecular weight is 550 g/mol. The number of rotatable bonds is 8. The SMILES string of the molecule is I.OC(CNC(=NCc1cccs1)NCCc1ccco1)c1ccc(Cl)c(F)c1. The molecule has 1 aromatic carbocycles. The van der Waals surface area contributed by atoms with E-state index in [2.05, 4.69) is 15.6 Å². The van der Waals surface area contributed by atoms with Crippen molar-refractivity contribution in [3.05, 3.63) is 81.1 Å². The van der Waals surface area contributed by atoms with E-state index in [0.29, 0.717) is 31.0 Å². The van der Waals surface area contributed by atoms with E-state index in [9.17, 15) is 9.50 Å². The molecule has 5 nitrogen and oxygen atoms in total. The van der Waals surface area contributed by atoms with Crippen molar-refractivity contribution in [2.75, 3.05) is 13.1 Å². The molecule has 3 rings (SSSR count). The highest BCUT2D eigenvalue weighted by molar-refractivity contribution is 14.0. The van der Waals surface area contributed by atoms with E-state index in [1.165, 1.54) is 12.1 Å². The second-order valence-electron chi connectivity index (χ2n) is 6.07. The predicted octanol–water partition coefficient (Wildman–Crippen LogP) is 4.76. The van der Waals surface area contributed by atoms with Crippen LogP contribution in [-0.2, 0) is 13.0 Å². The number of nitrogens with zero attached hydrogens (tertiary/aromatic N) is 1. The van der Waals surface area contributed by atoms with Gasteiger partial charge in [-0.2, -0.15) is 0 Å². The summed E-state index contributed by atoms with van der Waals surface area (Å²) >= 11 is 7.32. The highest BCUT2D eigenvalue weighted by Gasteiger charge is 2.11. The number of guanidine groups is 1. The summed E-state index contributed by atoms with van der Waals surface area (Å²) in [7, 11) is 0. The maximum atomic E-state index is 13.6. The van der Waals surface area contributed by atoms with Gasteiger partial charge in [0.2, 0.25) is 0 Å². The van der Waals surface area contributed by atoms with E-state index in [-0.39, 0.29) is 35.5 Å². The number of thiophene rings is 1. The van der Waals surface area contributed by atoms with Gasteiger partial charge in [0.05, 0.1) is 23.9 Å². The molecule has 0 amide bonds. The smallest absolute Gasteiger partial charge is 0.191 e. The van der Waals surface area contributed by atoms with Crippen LogP contribution in [0.2, 0.25) is 5.02 Å². The number of benzene rings is 1. The number of aliphatic hydroxyl groups excluding tert-OH is 1. The first kappa shape index (κ1) is 23.7. The highest BCUT2D eigenvalue weighted by atomic mass is 127. The second-order valence-corrected chi connectivity index (χ2v) is 7.51. The van der Waals surface area contributed by atoms with Gasteiger partial charge >= 0.3 is 0 Å². The number of hydrogen-bond acceptors (Lipinski definition) is 4. The molecule has 0 fully saturated rings. The van der Waals surface area contributed by atoms with Crippen molar-refractivity contribution < 1.29 is 13.9 Å². The quantitative estimate of drug-likeness (QED) is 0.215. The standard InChI is InChI=1S/C20H21ClFN3O2S.HI/c21-17-6-5-14(11-18(17)22)19(26)13-25-20(24-12-16-4-2-10-28-16)23-8-7-15-3-1-9-27-15;/h1-6,9-11,19,26H,7-8,12-13H2,(H2,23,24,25);1H. The maximum Gasteiger partial charge on any atom is 0.191 e. The Labute approximate surface area is 195 Å². The minimum Gasteiger partial charge on any atom is -0.469 e. The molecule has 0 aliphatic heterocycles. The summed E-state index contributed by atoms with van der Waals surface area (Å²) in [5, 5.41) is 18.7. The maximum absolute atomic E-state index is 13.6. The lowest BCUT2D eigenvalue weighted by Crippen LogP contribution is -2.40. The third-order valence-corrected chi connectivity index (χ3v) is 5.18. The Hall–Kier alpha value is -1.62. The molecule has 156 valence electrons. The Morgan fingerprint density at radius 2 is 2.10 bits per heavy atom. The van der Waals surface area contributed by atoms with Crippen LogP contribution >= 0.6 is 46.9 Å². The first-order valence-corrected chi connectivity index (χ1v) is 10.1. The van der Waals surface area contributed by atoms with Crippen molar-refractivity contribution in [1.29, 1.82) is 0 Å². The van der Waals surface area contributed by atoms with Crippen molar-refractivity contribution in [3.63, 3.8) is 0 Å². The normalized spacial score (nSPS) is 12.3. The zero-order valence-electron chi connectivity index (χ0n) is 15.5. The van der Waals surface area contributed by atoms with Gasteiger partial charge in [-0.15, -0.1) is 35.3 Å². The summed E-state index contributed by atoms with van der Waals surface area (Å²) in [4.78, 5) is 5.68. The summed E-state index contributed by atoms with van der Waals surface area (Å²) in [5.74, 6) is 0.886. The Kier molecular flexibility index (Phi) is 9.92. The topological polar surface area (TPSA) is 69.8 Å². The molecule has 29 heavy (non-hydrogen) atoms. The van der Waals surface area contributed by atoms with E-state index < -0.39 is 11.9 Å². The molecular formula is C20H22ClFIN3O2S. The van der Waals surface area contributed by atoms with Gasteiger partial charge in [0.1, 0.15) is 11.6 Å². The van der Waals surface area contributed by atoms with Crippen molar-refractivity contribution in [2.45, 2.75) is 19.1 Å². The summed E-state index contributed by atoms with van der Waals surface area (Å²) in [6.45, 7) is 1.33. The van der Waals surface area contributed by atoms with E-state index >= 15 is 0 Å². The monoisotopic (exact) mass is 549 g/mol. The van der Waals surface area contributed by atoms with Crippen LogP contribution in [0.1, 0.15) is 22.3 Å². The number of halogens is 3. The van der Waals surface area contributed by atoms with Crippen molar-refractivity contribution in [3.8, 4) is 0 Å². The van der Waals surface area contributed by atoms with Crippen LogP contribution in [0.4, 0.5) is 4.39 Å². The minimum atomic E-state index is -0.898. The lowest BCUT2D eigenvalue weighted by atomic mass is 10.1. The van der Waals surface area contributed by atoms with E-state index in [1.54, 1.807) is 23.7 Å². The number of aliphatic imine (C=N–C) groups is 1. The van der Waals surface area contributed by atoms with Crippen LogP contribution in [0, 0.1) is 5.82 Å². The van der Waals surface area contributed by atoms with Gasteiger partial charge in [0.15, 0.2) is 5.96 Å². The Morgan fingerprint density at radius 1 is 1.24 bits per heavy atom. The number of nitrogens with one attached hydrogen (secondary N) is 2. The van der Waals surface area contributed by atoms with Gasteiger partial charge in [-0.3, -0.25) is 0 Å². The van der Waals surface area contributed by atoms with Crippen LogP contribution < -0.4 is 10.6 Å². The first-order valence-electron chi connectivity index (χ1n) is 8.82. The van der Waals surface area contributed by atoms with Gasteiger partial charge in [0.25, 0.3) is 0 Å². The molecule has 0 saturated carbocycles. The van der Waals surface area contributed by atoms with Gasteiger partial charge in [-0.1, -0.05) is 23.7 Å². The summed E-state index contributed by atoms with van der Waals surface area (Å²) < 4.78 is 18.9. The molecule has 0 aliphatic carbocycles. The molecular weight excluding hydrogens is 528 g/mol. The third-order valence-electron chi connectivity index (χ3n) is 4.01. The summed E-state index contributed by atoms with van der Waals surface area (Å²) in [6, 6.07) is 12.0. The third kappa shape index (κ3) is 7.61. The van der Waals surface area contributed by atoms with E-state index in [0.717, 1.165) is 10.6 Å².